The van der Waals surface area contributed by atoms with Crippen molar-refractivity contribution in [3.63, 3.8) is 0 Å². The molecule has 1 fully saturated rings. The van der Waals surface area contributed by atoms with Gasteiger partial charge in [0.2, 0.25) is 0 Å². The molecule has 146 valence electrons. The molecule has 27 heavy (non-hydrogen) atoms. The zero-order valence-corrected chi connectivity index (χ0v) is 16.9. The Balaban J connectivity index is 1.82. The van der Waals surface area contributed by atoms with E-state index in [-0.39, 0.29) is 5.91 Å². The number of amides is 1. The number of piperazine rings is 1. The molecule has 3 rings (SSSR count). The molecule has 0 unspecified atom stereocenters. The lowest BCUT2D eigenvalue weighted by atomic mass is 10.3. The minimum atomic E-state index is -0.210. The third-order valence-electron chi connectivity index (χ3n) is 4.41. The molecule has 9 nitrogen and oxygen atoms in total. The number of nitrogens with zero attached hydrogens (tertiary/aromatic N) is 6. The molecule has 1 aliphatic rings. The SMILES string of the molecule is CCn1nc(C(=O)NC)cc1Sc1cnc(N2CCN(C)CC2)c(OC)n1. The Bertz CT molecular complexity index is 803. The maximum absolute atomic E-state index is 11.8. The van der Waals surface area contributed by atoms with Gasteiger partial charge in [0.1, 0.15) is 10.1 Å². The Morgan fingerprint density at radius 3 is 2.70 bits per heavy atom. The summed E-state index contributed by atoms with van der Waals surface area (Å²) in [5, 5.41) is 8.45. The van der Waals surface area contributed by atoms with Gasteiger partial charge in [-0.15, -0.1) is 0 Å². The summed E-state index contributed by atoms with van der Waals surface area (Å²) >= 11 is 1.41. The van der Waals surface area contributed by atoms with Crippen LogP contribution < -0.4 is 15.0 Å². The number of nitrogens with one attached hydrogen (secondary N) is 1. The van der Waals surface area contributed by atoms with Crippen LogP contribution in [0.1, 0.15) is 17.4 Å². The number of ether oxygens (including phenoxy) is 1. The third-order valence-corrected chi connectivity index (χ3v) is 5.35. The summed E-state index contributed by atoms with van der Waals surface area (Å²) in [6.07, 6.45) is 1.74. The first-order chi connectivity index (χ1) is 13.0. The van der Waals surface area contributed by atoms with Crippen molar-refractivity contribution in [3.8, 4) is 5.88 Å². The third kappa shape index (κ3) is 4.33. The van der Waals surface area contributed by atoms with Gasteiger partial charge in [-0.25, -0.2) is 9.97 Å². The van der Waals surface area contributed by atoms with Gasteiger partial charge >= 0.3 is 0 Å². The first-order valence-electron chi connectivity index (χ1n) is 8.88. The predicted molar refractivity (Wildman–Crippen MR) is 104 cm³/mol. The van der Waals surface area contributed by atoms with Crippen LogP contribution in [0, 0.1) is 0 Å². The highest BCUT2D eigenvalue weighted by Crippen LogP contribution is 2.31. The molecule has 2 aromatic rings. The highest BCUT2D eigenvalue weighted by Gasteiger charge is 2.21. The summed E-state index contributed by atoms with van der Waals surface area (Å²) in [5.41, 5.74) is 0.385. The van der Waals surface area contributed by atoms with E-state index >= 15 is 0 Å². The van der Waals surface area contributed by atoms with E-state index in [1.165, 1.54) is 11.8 Å². The number of anilines is 1. The number of methoxy groups -OCH3 is 1. The predicted octanol–water partition coefficient (Wildman–Crippen LogP) is 0.964. The highest BCUT2D eigenvalue weighted by atomic mass is 32.2. The average Bonchev–Trinajstić information content (AvgIpc) is 3.10. The van der Waals surface area contributed by atoms with Gasteiger partial charge in [-0.3, -0.25) is 9.48 Å². The Kier molecular flexibility index (Phi) is 6.17. The largest absolute Gasteiger partial charge is 0.478 e. The van der Waals surface area contributed by atoms with Crippen molar-refractivity contribution in [1.82, 2.24) is 30.0 Å². The van der Waals surface area contributed by atoms with Crippen molar-refractivity contribution < 1.29 is 9.53 Å². The Labute approximate surface area is 163 Å². The molecule has 0 bridgehead atoms. The van der Waals surface area contributed by atoms with Gasteiger partial charge < -0.3 is 19.9 Å². The molecule has 1 saturated heterocycles. The van der Waals surface area contributed by atoms with Crippen LogP contribution in [0.15, 0.2) is 22.3 Å². The lowest BCUT2D eigenvalue weighted by Crippen LogP contribution is -2.45. The van der Waals surface area contributed by atoms with Crippen molar-refractivity contribution in [2.75, 3.05) is 52.3 Å². The average molecular weight is 392 g/mol. The molecule has 1 amide bonds. The van der Waals surface area contributed by atoms with Crippen LogP contribution in [-0.2, 0) is 6.54 Å². The summed E-state index contributed by atoms with van der Waals surface area (Å²) in [4.78, 5) is 25.5. The van der Waals surface area contributed by atoms with E-state index in [0.29, 0.717) is 23.1 Å². The molecule has 1 aliphatic heterocycles. The zero-order valence-electron chi connectivity index (χ0n) is 16.1. The van der Waals surface area contributed by atoms with Crippen LogP contribution in [0.3, 0.4) is 0 Å². The maximum Gasteiger partial charge on any atom is 0.271 e. The van der Waals surface area contributed by atoms with E-state index < -0.39 is 0 Å². The lowest BCUT2D eigenvalue weighted by molar-refractivity contribution is 0.0957. The molecule has 0 radical (unpaired) electrons. The number of hydrogen-bond donors (Lipinski definition) is 1. The van der Waals surface area contributed by atoms with Crippen LogP contribution in [-0.4, -0.2) is 77.9 Å². The number of aromatic nitrogens is 4. The first kappa shape index (κ1) is 19.4. The van der Waals surface area contributed by atoms with Crippen molar-refractivity contribution in [3.05, 3.63) is 18.0 Å². The van der Waals surface area contributed by atoms with E-state index in [2.05, 4.69) is 37.2 Å². The molecule has 0 aliphatic carbocycles. The van der Waals surface area contributed by atoms with Gasteiger partial charge in [-0.1, -0.05) is 0 Å². The minimum Gasteiger partial charge on any atom is -0.478 e. The number of likely N-dealkylation sites (N-methyl/N-ethyl adjacent to an activating group) is 1. The normalized spacial score (nSPS) is 15.0. The maximum atomic E-state index is 11.8. The van der Waals surface area contributed by atoms with Crippen LogP contribution in [0.2, 0.25) is 0 Å². The van der Waals surface area contributed by atoms with E-state index in [4.69, 9.17) is 4.74 Å². The van der Waals surface area contributed by atoms with Crippen LogP contribution in [0.25, 0.3) is 0 Å². The quantitative estimate of drug-likeness (QED) is 0.779. The van der Waals surface area contributed by atoms with Crippen molar-refractivity contribution in [2.24, 2.45) is 0 Å². The number of rotatable bonds is 6. The summed E-state index contributed by atoms with van der Waals surface area (Å²) < 4.78 is 7.27. The number of hydrogen-bond acceptors (Lipinski definition) is 8. The molecular weight excluding hydrogens is 366 g/mol. The monoisotopic (exact) mass is 391 g/mol. The number of aryl methyl sites for hydroxylation is 1. The van der Waals surface area contributed by atoms with E-state index in [0.717, 1.165) is 37.0 Å². The van der Waals surface area contributed by atoms with Gasteiger partial charge in [0.25, 0.3) is 11.8 Å². The van der Waals surface area contributed by atoms with Crippen LogP contribution in [0.5, 0.6) is 5.88 Å². The second-order valence-electron chi connectivity index (χ2n) is 6.20. The van der Waals surface area contributed by atoms with Gasteiger partial charge in [0.15, 0.2) is 11.5 Å². The molecule has 1 N–H and O–H groups in total. The topological polar surface area (TPSA) is 88.4 Å². The molecule has 0 atom stereocenters. The fourth-order valence-electron chi connectivity index (χ4n) is 2.83. The molecule has 0 aromatic carbocycles. The number of carbonyl (C=O) groups excluding carboxylic acids is 1. The molecule has 2 aromatic heterocycles. The van der Waals surface area contributed by atoms with Crippen molar-refractivity contribution in [2.45, 2.75) is 23.5 Å². The van der Waals surface area contributed by atoms with Crippen LogP contribution in [0.4, 0.5) is 5.82 Å². The molecular formula is C17H25N7O2S. The highest BCUT2D eigenvalue weighted by molar-refractivity contribution is 7.99. The Hall–Kier alpha value is -2.33. The van der Waals surface area contributed by atoms with Gasteiger partial charge in [0.05, 0.1) is 13.3 Å². The first-order valence-corrected chi connectivity index (χ1v) is 9.69. The van der Waals surface area contributed by atoms with Crippen molar-refractivity contribution >= 4 is 23.5 Å². The smallest absolute Gasteiger partial charge is 0.271 e. The molecule has 3 heterocycles. The van der Waals surface area contributed by atoms with E-state index in [9.17, 15) is 4.79 Å². The van der Waals surface area contributed by atoms with Gasteiger partial charge in [-0.05, 0) is 25.7 Å². The minimum absolute atomic E-state index is 0.210. The van der Waals surface area contributed by atoms with E-state index in [1.54, 1.807) is 31.1 Å². The zero-order chi connectivity index (χ0) is 19.4. The number of carbonyl (C=O) groups is 1. The Morgan fingerprint density at radius 2 is 2.07 bits per heavy atom. The summed E-state index contributed by atoms with van der Waals surface area (Å²) in [7, 11) is 5.31. The summed E-state index contributed by atoms with van der Waals surface area (Å²) in [5.74, 6) is 1.07. The van der Waals surface area contributed by atoms with Gasteiger partial charge in [-0.2, -0.15) is 5.10 Å². The van der Waals surface area contributed by atoms with Crippen molar-refractivity contribution in [1.29, 1.82) is 0 Å². The van der Waals surface area contributed by atoms with Gasteiger partial charge in [0, 0.05) is 45.8 Å². The summed E-state index contributed by atoms with van der Waals surface area (Å²) in [6, 6.07) is 1.76. The fourth-order valence-corrected chi connectivity index (χ4v) is 3.72. The molecule has 0 saturated carbocycles. The summed E-state index contributed by atoms with van der Waals surface area (Å²) in [6.45, 7) is 6.40. The second kappa shape index (κ2) is 8.57. The van der Waals surface area contributed by atoms with E-state index in [1.807, 2.05) is 6.92 Å². The van der Waals surface area contributed by atoms with Crippen LogP contribution >= 0.6 is 11.8 Å². The molecule has 10 heteroatoms. The standard InChI is InChI=1S/C17H25N7O2S/c1-5-24-14(10-12(21-24)16(25)18-2)27-13-11-19-15(17(20-13)26-4)23-8-6-22(3)7-9-23/h10-11H,5-9H2,1-4H3,(H,18,25). The lowest BCUT2D eigenvalue weighted by Gasteiger charge is -2.33. The second-order valence-corrected chi connectivity index (χ2v) is 7.24. The fraction of sp³-hybridized carbons (Fsp3) is 0.529. The molecule has 0 spiro atoms. The Morgan fingerprint density at radius 1 is 1.33 bits per heavy atom.